The molecule has 1 aliphatic rings. The van der Waals surface area contributed by atoms with Crippen molar-refractivity contribution in [1.29, 1.82) is 0 Å². The van der Waals surface area contributed by atoms with Gasteiger partial charge in [-0.1, -0.05) is 12.7 Å². The lowest BCUT2D eigenvalue weighted by Crippen LogP contribution is -1.86. The van der Waals surface area contributed by atoms with E-state index in [1.165, 1.54) is 5.56 Å². The van der Waals surface area contributed by atoms with Gasteiger partial charge >= 0.3 is 0 Å². The molecule has 2 heteroatoms. The summed E-state index contributed by atoms with van der Waals surface area (Å²) >= 11 is 3.47. The van der Waals surface area contributed by atoms with E-state index in [-0.39, 0.29) is 0 Å². The van der Waals surface area contributed by atoms with Crippen LogP contribution in [0.5, 0.6) is 5.75 Å². The highest BCUT2D eigenvalue weighted by Gasteiger charge is 2.15. The maximum absolute atomic E-state index is 5.45. The number of benzene rings is 1. The van der Waals surface area contributed by atoms with Crippen molar-refractivity contribution in [2.45, 2.75) is 6.42 Å². The summed E-state index contributed by atoms with van der Waals surface area (Å²) in [5, 5.41) is 0. The maximum Gasteiger partial charge on any atom is 0.136 e. The first-order valence-corrected chi connectivity index (χ1v) is 4.68. The van der Waals surface area contributed by atoms with E-state index in [1.54, 1.807) is 0 Å². The van der Waals surface area contributed by atoms with Gasteiger partial charge in [-0.25, -0.2) is 0 Å². The van der Waals surface area contributed by atoms with E-state index in [0.717, 1.165) is 28.8 Å². The Hall–Kier alpha value is -0.760. The second kappa shape index (κ2) is 2.94. The van der Waals surface area contributed by atoms with E-state index < -0.39 is 0 Å². The molecular weight excluding hydrogens is 216 g/mol. The molecule has 1 aromatic carbocycles. The number of ether oxygens (including phenoxy) is 1. The smallest absolute Gasteiger partial charge is 0.136 e. The van der Waals surface area contributed by atoms with E-state index in [1.807, 2.05) is 12.1 Å². The van der Waals surface area contributed by atoms with Crippen molar-refractivity contribution in [2.75, 3.05) is 6.61 Å². The number of hydrogen-bond donors (Lipinski definition) is 0. The van der Waals surface area contributed by atoms with Gasteiger partial charge in [-0.15, -0.1) is 0 Å². The Bertz CT molecular complexity index is 331. The highest BCUT2D eigenvalue weighted by Crippen LogP contribution is 2.34. The predicted molar refractivity (Wildman–Crippen MR) is 53.4 cm³/mol. The molecule has 62 valence electrons. The van der Waals surface area contributed by atoms with Crippen molar-refractivity contribution >= 4 is 22.0 Å². The van der Waals surface area contributed by atoms with Crippen LogP contribution in [0.25, 0.3) is 6.08 Å². The van der Waals surface area contributed by atoms with Crippen LogP contribution < -0.4 is 4.74 Å². The standard InChI is InChI=1S/C10H9BrO/c1-2-7-5-8-3-4-12-10(8)9(11)6-7/h2,5-6H,1,3-4H2. The molecule has 0 aromatic heterocycles. The highest BCUT2D eigenvalue weighted by molar-refractivity contribution is 9.10. The second-order valence-electron chi connectivity index (χ2n) is 2.79. The number of halogens is 1. The minimum Gasteiger partial charge on any atom is -0.492 e. The summed E-state index contributed by atoms with van der Waals surface area (Å²) in [5.74, 6) is 1.00. The summed E-state index contributed by atoms with van der Waals surface area (Å²) in [4.78, 5) is 0. The number of rotatable bonds is 1. The predicted octanol–water partition coefficient (Wildman–Crippen LogP) is 3.03. The first-order valence-electron chi connectivity index (χ1n) is 3.89. The molecule has 0 saturated carbocycles. The van der Waals surface area contributed by atoms with Crippen LogP contribution in [-0.2, 0) is 6.42 Å². The SMILES string of the molecule is C=Cc1cc(Br)c2c(c1)CCO2. The van der Waals surface area contributed by atoms with Crippen molar-refractivity contribution in [1.82, 2.24) is 0 Å². The van der Waals surface area contributed by atoms with Gasteiger partial charge < -0.3 is 4.74 Å². The molecule has 1 aliphatic heterocycles. The van der Waals surface area contributed by atoms with Crippen molar-refractivity contribution < 1.29 is 4.74 Å². The van der Waals surface area contributed by atoms with E-state index in [0.29, 0.717) is 0 Å². The quantitative estimate of drug-likeness (QED) is 0.713. The molecule has 1 aromatic rings. The van der Waals surface area contributed by atoms with Gasteiger partial charge in [0.25, 0.3) is 0 Å². The lowest BCUT2D eigenvalue weighted by molar-refractivity contribution is 0.355. The molecule has 0 N–H and O–H groups in total. The lowest BCUT2D eigenvalue weighted by atomic mass is 10.1. The van der Waals surface area contributed by atoms with Gasteiger partial charge in [-0.3, -0.25) is 0 Å². The van der Waals surface area contributed by atoms with Gasteiger partial charge in [0.2, 0.25) is 0 Å². The minimum absolute atomic E-state index is 0.800. The molecule has 0 saturated heterocycles. The first-order chi connectivity index (χ1) is 5.81. The van der Waals surface area contributed by atoms with Crippen LogP contribution in [0.4, 0.5) is 0 Å². The van der Waals surface area contributed by atoms with Gasteiger partial charge in [-0.2, -0.15) is 0 Å². The van der Waals surface area contributed by atoms with Gasteiger partial charge in [0.1, 0.15) is 5.75 Å². The third-order valence-electron chi connectivity index (χ3n) is 2.00. The zero-order chi connectivity index (χ0) is 8.55. The van der Waals surface area contributed by atoms with E-state index in [2.05, 4.69) is 28.6 Å². The molecule has 0 fully saturated rings. The van der Waals surface area contributed by atoms with Crippen LogP contribution in [0.3, 0.4) is 0 Å². The Morgan fingerprint density at radius 1 is 1.50 bits per heavy atom. The Morgan fingerprint density at radius 2 is 2.33 bits per heavy atom. The van der Waals surface area contributed by atoms with Crippen LogP contribution in [-0.4, -0.2) is 6.61 Å². The average molecular weight is 225 g/mol. The largest absolute Gasteiger partial charge is 0.492 e. The summed E-state index contributed by atoms with van der Waals surface area (Å²) in [6.07, 6.45) is 2.86. The first kappa shape index (κ1) is 7.87. The average Bonchev–Trinajstić information content (AvgIpc) is 2.52. The van der Waals surface area contributed by atoms with Gasteiger partial charge in [0, 0.05) is 6.42 Å². The van der Waals surface area contributed by atoms with Crippen molar-refractivity contribution in [3.8, 4) is 5.75 Å². The van der Waals surface area contributed by atoms with E-state index in [9.17, 15) is 0 Å². The minimum atomic E-state index is 0.800. The molecular formula is C10H9BrO. The fraction of sp³-hybridized carbons (Fsp3) is 0.200. The van der Waals surface area contributed by atoms with E-state index >= 15 is 0 Å². The Labute approximate surface area is 80.2 Å². The molecule has 1 heterocycles. The van der Waals surface area contributed by atoms with E-state index in [4.69, 9.17) is 4.74 Å². The second-order valence-corrected chi connectivity index (χ2v) is 3.65. The van der Waals surface area contributed by atoms with Crippen LogP contribution in [0.1, 0.15) is 11.1 Å². The summed E-state index contributed by atoms with van der Waals surface area (Å²) < 4.78 is 6.48. The Kier molecular flexibility index (Phi) is 1.93. The normalized spacial score (nSPS) is 13.8. The molecule has 12 heavy (non-hydrogen) atoms. The van der Waals surface area contributed by atoms with Gasteiger partial charge in [0.05, 0.1) is 11.1 Å². The fourth-order valence-electron chi connectivity index (χ4n) is 1.40. The van der Waals surface area contributed by atoms with Crippen LogP contribution in [0, 0.1) is 0 Å². The molecule has 0 amide bonds. The van der Waals surface area contributed by atoms with Crippen LogP contribution >= 0.6 is 15.9 Å². The molecule has 1 nitrogen and oxygen atoms in total. The van der Waals surface area contributed by atoms with Crippen LogP contribution in [0.15, 0.2) is 23.2 Å². The molecule has 2 rings (SSSR count). The van der Waals surface area contributed by atoms with Crippen molar-refractivity contribution in [3.63, 3.8) is 0 Å². The zero-order valence-corrected chi connectivity index (χ0v) is 8.23. The third kappa shape index (κ3) is 1.16. The fourth-order valence-corrected chi connectivity index (χ4v) is 2.04. The molecule has 0 spiro atoms. The molecule has 0 atom stereocenters. The zero-order valence-electron chi connectivity index (χ0n) is 6.64. The monoisotopic (exact) mass is 224 g/mol. The molecule has 0 aliphatic carbocycles. The Morgan fingerprint density at radius 3 is 3.08 bits per heavy atom. The number of fused-ring (bicyclic) bond motifs is 1. The molecule has 0 unspecified atom stereocenters. The van der Waals surface area contributed by atoms with Gasteiger partial charge in [-0.05, 0) is 39.2 Å². The molecule has 0 bridgehead atoms. The Balaban J connectivity index is 2.58. The van der Waals surface area contributed by atoms with Crippen LogP contribution in [0.2, 0.25) is 0 Å². The summed E-state index contributed by atoms with van der Waals surface area (Å²) in [5.41, 5.74) is 2.42. The highest BCUT2D eigenvalue weighted by atomic mass is 79.9. The summed E-state index contributed by atoms with van der Waals surface area (Å²) in [7, 11) is 0. The summed E-state index contributed by atoms with van der Waals surface area (Å²) in [6, 6.07) is 4.15. The topological polar surface area (TPSA) is 9.23 Å². The number of hydrogen-bond acceptors (Lipinski definition) is 1. The maximum atomic E-state index is 5.45. The molecule has 0 radical (unpaired) electrons. The van der Waals surface area contributed by atoms with Gasteiger partial charge in [0.15, 0.2) is 0 Å². The van der Waals surface area contributed by atoms with Crippen molar-refractivity contribution in [2.24, 2.45) is 0 Å². The summed E-state index contributed by atoms with van der Waals surface area (Å²) in [6.45, 7) is 4.54. The lowest BCUT2D eigenvalue weighted by Gasteiger charge is -2.02. The third-order valence-corrected chi connectivity index (χ3v) is 2.59. The van der Waals surface area contributed by atoms with Crippen molar-refractivity contribution in [3.05, 3.63) is 34.3 Å².